The maximum Gasteiger partial charge on any atom is 0.178 e. The van der Waals surface area contributed by atoms with E-state index >= 15 is 0 Å². The number of benzene rings is 1. The molecule has 0 spiro atoms. The third-order valence-corrected chi connectivity index (χ3v) is 3.94. The van der Waals surface area contributed by atoms with Crippen LogP contribution in [0.25, 0.3) is 0 Å². The van der Waals surface area contributed by atoms with Crippen molar-refractivity contribution in [3.8, 4) is 5.75 Å². The van der Waals surface area contributed by atoms with Crippen LogP contribution in [0.1, 0.15) is 24.2 Å². The van der Waals surface area contributed by atoms with Crippen molar-refractivity contribution >= 4 is 16.1 Å². The highest BCUT2D eigenvalue weighted by atomic mass is 32.2. The molecule has 0 amide bonds. The van der Waals surface area contributed by atoms with Crippen LogP contribution in [0.15, 0.2) is 23.1 Å². The van der Waals surface area contributed by atoms with Gasteiger partial charge >= 0.3 is 0 Å². The third kappa shape index (κ3) is 2.61. The van der Waals surface area contributed by atoms with Crippen molar-refractivity contribution in [2.45, 2.75) is 18.7 Å². The monoisotopic (exact) mass is 242 g/mol. The Labute approximate surface area is 95.2 Å². The summed E-state index contributed by atoms with van der Waals surface area (Å²) >= 11 is 0. The summed E-state index contributed by atoms with van der Waals surface area (Å²) in [6.07, 6.45) is 0.533. The van der Waals surface area contributed by atoms with Gasteiger partial charge < -0.3 is 4.74 Å². The highest BCUT2D eigenvalue weighted by Crippen LogP contribution is 2.21. The molecule has 0 aliphatic heterocycles. The quantitative estimate of drug-likeness (QED) is 0.737. The lowest BCUT2D eigenvalue weighted by Crippen LogP contribution is -2.07. The van der Waals surface area contributed by atoms with Gasteiger partial charge in [0.25, 0.3) is 0 Å². The summed E-state index contributed by atoms with van der Waals surface area (Å²) in [7, 11) is -3.36. The van der Waals surface area contributed by atoms with Gasteiger partial charge in [-0.1, -0.05) is 6.92 Å². The van der Waals surface area contributed by atoms with Gasteiger partial charge in [-0.25, -0.2) is 8.42 Å². The molecule has 1 rings (SSSR count). The molecule has 0 radical (unpaired) electrons. The van der Waals surface area contributed by atoms with E-state index in [0.717, 1.165) is 0 Å². The predicted octanol–water partition coefficient (Wildman–Crippen LogP) is 1.69. The molecule has 0 aliphatic rings. The SMILES string of the molecule is CCOc1ccc(S(=O)(=O)CC)c(C=O)c1. The zero-order valence-corrected chi connectivity index (χ0v) is 10.1. The summed E-state index contributed by atoms with van der Waals surface area (Å²) in [4.78, 5) is 10.9. The van der Waals surface area contributed by atoms with Gasteiger partial charge in [0, 0.05) is 5.56 Å². The highest BCUT2D eigenvalue weighted by molar-refractivity contribution is 7.91. The van der Waals surface area contributed by atoms with Crippen molar-refractivity contribution < 1.29 is 17.9 Å². The Kier molecular flexibility index (Phi) is 4.06. The summed E-state index contributed by atoms with van der Waals surface area (Å²) in [6, 6.07) is 4.41. The van der Waals surface area contributed by atoms with Crippen molar-refractivity contribution in [2.24, 2.45) is 0 Å². The fourth-order valence-corrected chi connectivity index (χ4v) is 2.37. The second-order valence-corrected chi connectivity index (χ2v) is 5.40. The Hall–Kier alpha value is -1.36. The normalized spacial score (nSPS) is 11.1. The van der Waals surface area contributed by atoms with Crippen molar-refractivity contribution in [3.63, 3.8) is 0 Å². The van der Waals surface area contributed by atoms with Crippen molar-refractivity contribution in [2.75, 3.05) is 12.4 Å². The van der Waals surface area contributed by atoms with Crippen LogP contribution < -0.4 is 4.74 Å². The number of sulfone groups is 1. The minimum Gasteiger partial charge on any atom is -0.494 e. The molecule has 0 saturated carbocycles. The van der Waals surface area contributed by atoms with Crippen LogP contribution in [0, 0.1) is 0 Å². The standard InChI is InChI=1S/C11H14O4S/c1-3-15-10-5-6-11(9(7-10)8-12)16(13,14)4-2/h5-8H,3-4H2,1-2H3. The second-order valence-electron chi connectivity index (χ2n) is 3.15. The Morgan fingerprint density at radius 3 is 2.50 bits per heavy atom. The zero-order chi connectivity index (χ0) is 12.2. The summed E-state index contributed by atoms with van der Waals surface area (Å²) in [6.45, 7) is 3.83. The Morgan fingerprint density at radius 2 is 2.00 bits per heavy atom. The Balaban J connectivity index is 3.27. The van der Waals surface area contributed by atoms with Crippen molar-refractivity contribution in [1.82, 2.24) is 0 Å². The molecule has 16 heavy (non-hydrogen) atoms. The maximum absolute atomic E-state index is 11.7. The van der Waals surface area contributed by atoms with E-state index in [0.29, 0.717) is 18.6 Å². The minimum atomic E-state index is -3.36. The lowest BCUT2D eigenvalue weighted by atomic mass is 10.2. The summed E-state index contributed by atoms with van der Waals surface area (Å²) in [5, 5.41) is 0. The molecule has 88 valence electrons. The molecule has 0 aromatic heterocycles. The Bertz CT molecular complexity index is 477. The smallest absolute Gasteiger partial charge is 0.178 e. The van der Waals surface area contributed by atoms with Crippen LogP contribution in [-0.2, 0) is 9.84 Å². The van der Waals surface area contributed by atoms with E-state index in [9.17, 15) is 13.2 Å². The lowest BCUT2D eigenvalue weighted by molar-refractivity contribution is 0.112. The molecule has 0 unspecified atom stereocenters. The van der Waals surface area contributed by atoms with E-state index in [1.807, 2.05) is 6.92 Å². The zero-order valence-electron chi connectivity index (χ0n) is 9.26. The van der Waals surface area contributed by atoms with E-state index in [1.165, 1.54) is 12.1 Å². The van der Waals surface area contributed by atoms with Gasteiger partial charge in [-0.2, -0.15) is 0 Å². The molecule has 0 N–H and O–H groups in total. The number of hydrogen-bond acceptors (Lipinski definition) is 4. The first-order chi connectivity index (χ1) is 7.55. The van der Waals surface area contributed by atoms with E-state index < -0.39 is 9.84 Å². The number of carbonyl (C=O) groups excluding carboxylic acids is 1. The molecule has 0 heterocycles. The summed E-state index contributed by atoms with van der Waals surface area (Å²) in [5.74, 6) is 0.474. The van der Waals surface area contributed by atoms with E-state index in [-0.39, 0.29) is 16.2 Å². The van der Waals surface area contributed by atoms with Gasteiger partial charge in [0.1, 0.15) is 5.75 Å². The van der Waals surface area contributed by atoms with Crippen LogP contribution >= 0.6 is 0 Å². The average Bonchev–Trinajstić information content (AvgIpc) is 2.29. The van der Waals surface area contributed by atoms with E-state index in [1.54, 1.807) is 13.0 Å². The number of rotatable bonds is 5. The average molecular weight is 242 g/mol. The minimum absolute atomic E-state index is 0.0260. The van der Waals surface area contributed by atoms with Crippen LogP contribution in [-0.4, -0.2) is 27.1 Å². The second kappa shape index (κ2) is 5.12. The van der Waals surface area contributed by atoms with Crippen LogP contribution in [0.3, 0.4) is 0 Å². The van der Waals surface area contributed by atoms with E-state index in [4.69, 9.17) is 4.74 Å². The first kappa shape index (κ1) is 12.7. The molecular weight excluding hydrogens is 228 g/mol. The largest absolute Gasteiger partial charge is 0.494 e. The van der Waals surface area contributed by atoms with Crippen LogP contribution in [0.5, 0.6) is 5.75 Å². The first-order valence-corrected chi connectivity index (χ1v) is 6.65. The number of hydrogen-bond donors (Lipinski definition) is 0. The van der Waals surface area contributed by atoms with E-state index in [2.05, 4.69) is 0 Å². The Morgan fingerprint density at radius 1 is 1.31 bits per heavy atom. The van der Waals surface area contributed by atoms with Crippen molar-refractivity contribution in [3.05, 3.63) is 23.8 Å². The summed E-state index contributed by atoms with van der Waals surface area (Å²) < 4.78 is 28.5. The van der Waals surface area contributed by atoms with Crippen molar-refractivity contribution in [1.29, 1.82) is 0 Å². The topological polar surface area (TPSA) is 60.4 Å². The molecule has 1 aromatic carbocycles. The van der Waals surface area contributed by atoms with Gasteiger partial charge in [-0.05, 0) is 25.1 Å². The number of ether oxygens (including phenoxy) is 1. The molecule has 0 saturated heterocycles. The predicted molar refractivity (Wildman–Crippen MR) is 60.7 cm³/mol. The van der Waals surface area contributed by atoms with Gasteiger partial charge in [0.15, 0.2) is 16.1 Å². The number of carbonyl (C=O) groups is 1. The molecule has 4 nitrogen and oxygen atoms in total. The third-order valence-electron chi connectivity index (χ3n) is 2.13. The molecular formula is C11H14O4S. The van der Waals surface area contributed by atoms with Gasteiger partial charge in [-0.3, -0.25) is 4.79 Å². The van der Waals surface area contributed by atoms with Gasteiger partial charge in [-0.15, -0.1) is 0 Å². The fourth-order valence-electron chi connectivity index (χ4n) is 1.31. The maximum atomic E-state index is 11.7. The molecule has 1 aromatic rings. The molecule has 0 fully saturated rings. The van der Waals surface area contributed by atoms with Gasteiger partial charge in [0.2, 0.25) is 0 Å². The molecule has 0 bridgehead atoms. The molecule has 5 heteroatoms. The highest BCUT2D eigenvalue weighted by Gasteiger charge is 2.16. The van der Waals surface area contributed by atoms with Gasteiger partial charge in [0.05, 0.1) is 17.3 Å². The fraction of sp³-hybridized carbons (Fsp3) is 0.364. The van der Waals surface area contributed by atoms with Crippen LogP contribution in [0.4, 0.5) is 0 Å². The molecule has 0 aliphatic carbocycles. The lowest BCUT2D eigenvalue weighted by Gasteiger charge is -2.07. The van der Waals surface area contributed by atoms with Crippen LogP contribution in [0.2, 0.25) is 0 Å². The summed E-state index contributed by atoms with van der Waals surface area (Å²) in [5.41, 5.74) is 0.146. The number of aldehydes is 1. The molecule has 0 atom stereocenters. The first-order valence-electron chi connectivity index (χ1n) is 5.00.